The van der Waals surface area contributed by atoms with Crippen LogP contribution in [0.4, 0.5) is 0 Å². The van der Waals surface area contributed by atoms with Gasteiger partial charge in [-0.1, -0.05) is 0 Å². The summed E-state index contributed by atoms with van der Waals surface area (Å²) in [5.41, 5.74) is 0.329. The minimum Gasteiger partial charge on any atom is -0.229 e. The molecule has 6 nitrogen and oxygen atoms in total. The fourth-order valence-electron chi connectivity index (χ4n) is 1.08. The van der Waals surface area contributed by atoms with Crippen molar-refractivity contribution in [2.75, 3.05) is 11.5 Å². The summed E-state index contributed by atoms with van der Waals surface area (Å²) in [6.45, 7) is 0. The van der Waals surface area contributed by atoms with Crippen molar-refractivity contribution in [1.29, 1.82) is 5.26 Å². The molecule has 0 saturated carbocycles. The van der Waals surface area contributed by atoms with E-state index in [4.69, 9.17) is 10.4 Å². The maximum absolute atomic E-state index is 11.7. The van der Waals surface area contributed by atoms with Crippen molar-refractivity contribution < 1.29 is 16.8 Å². The number of nitriles is 1. The first kappa shape index (κ1) is 13.6. The van der Waals surface area contributed by atoms with Crippen molar-refractivity contribution in [2.45, 2.75) is 4.90 Å². The SMILES string of the molecule is N#Cc1ccc(S(=O)(=O)CCS(N)(=O)=O)cc1. The average molecular weight is 274 g/mol. The Morgan fingerprint density at radius 1 is 1.06 bits per heavy atom. The Labute approximate surface area is 99.6 Å². The van der Waals surface area contributed by atoms with Crippen molar-refractivity contribution >= 4 is 19.9 Å². The normalized spacial score (nSPS) is 12.0. The Hall–Kier alpha value is -1.43. The monoisotopic (exact) mass is 274 g/mol. The van der Waals surface area contributed by atoms with Crippen LogP contribution in [0.5, 0.6) is 0 Å². The molecule has 0 aromatic heterocycles. The molecule has 2 N–H and O–H groups in total. The smallest absolute Gasteiger partial charge is 0.210 e. The van der Waals surface area contributed by atoms with Crippen LogP contribution in [0.3, 0.4) is 0 Å². The molecule has 0 aliphatic heterocycles. The first-order valence-corrected chi connectivity index (χ1v) is 7.85. The van der Waals surface area contributed by atoms with E-state index in [0.717, 1.165) is 0 Å². The molecule has 0 spiro atoms. The molecule has 0 radical (unpaired) electrons. The number of rotatable bonds is 4. The number of sulfonamides is 1. The van der Waals surface area contributed by atoms with E-state index in [1.54, 1.807) is 0 Å². The predicted molar refractivity (Wildman–Crippen MR) is 61.2 cm³/mol. The van der Waals surface area contributed by atoms with Crippen LogP contribution < -0.4 is 5.14 Å². The molecule has 1 aromatic carbocycles. The van der Waals surface area contributed by atoms with Gasteiger partial charge in [0.1, 0.15) is 0 Å². The molecule has 0 aliphatic rings. The number of hydrogen-bond acceptors (Lipinski definition) is 5. The van der Waals surface area contributed by atoms with Crippen LogP contribution in [0.2, 0.25) is 0 Å². The van der Waals surface area contributed by atoms with Gasteiger partial charge in [-0.3, -0.25) is 0 Å². The highest BCUT2D eigenvalue weighted by atomic mass is 32.2. The van der Waals surface area contributed by atoms with Crippen LogP contribution >= 0.6 is 0 Å². The molecule has 0 saturated heterocycles. The zero-order valence-electron chi connectivity index (χ0n) is 8.70. The maximum atomic E-state index is 11.7. The molecule has 8 heteroatoms. The lowest BCUT2D eigenvalue weighted by atomic mass is 10.2. The molecule has 1 rings (SSSR count). The van der Waals surface area contributed by atoms with Gasteiger partial charge in [0.15, 0.2) is 9.84 Å². The Bertz CT molecular complexity index is 639. The van der Waals surface area contributed by atoms with E-state index in [0.29, 0.717) is 5.56 Å². The van der Waals surface area contributed by atoms with Gasteiger partial charge in [0.25, 0.3) is 0 Å². The van der Waals surface area contributed by atoms with Crippen molar-refractivity contribution in [1.82, 2.24) is 0 Å². The summed E-state index contributed by atoms with van der Waals surface area (Å²) >= 11 is 0. The fourth-order valence-corrected chi connectivity index (χ4v) is 3.67. The van der Waals surface area contributed by atoms with Gasteiger partial charge in [0.2, 0.25) is 10.0 Å². The van der Waals surface area contributed by atoms with Crippen LogP contribution in [0.15, 0.2) is 29.2 Å². The topological polar surface area (TPSA) is 118 Å². The summed E-state index contributed by atoms with van der Waals surface area (Å²) in [5, 5.41) is 13.3. The Morgan fingerprint density at radius 3 is 2.00 bits per heavy atom. The Kier molecular flexibility index (Phi) is 3.87. The third-order valence-electron chi connectivity index (χ3n) is 1.98. The summed E-state index contributed by atoms with van der Waals surface area (Å²) in [6.07, 6.45) is 0. The van der Waals surface area contributed by atoms with Gasteiger partial charge < -0.3 is 0 Å². The van der Waals surface area contributed by atoms with E-state index in [1.807, 2.05) is 6.07 Å². The molecule has 0 heterocycles. The number of nitrogens with zero attached hydrogens (tertiary/aromatic N) is 1. The minimum atomic E-state index is -3.81. The van der Waals surface area contributed by atoms with E-state index < -0.39 is 31.4 Å². The third-order valence-corrected chi connectivity index (χ3v) is 4.74. The van der Waals surface area contributed by atoms with Crippen molar-refractivity contribution in [3.8, 4) is 6.07 Å². The highest BCUT2D eigenvalue weighted by Gasteiger charge is 2.17. The molecule has 92 valence electrons. The molecular formula is C9H10N2O4S2. The number of primary sulfonamides is 1. The lowest BCUT2D eigenvalue weighted by molar-refractivity contribution is 0.588. The fraction of sp³-hybridized carbons (Fsp3) is 0.222. The molecule has 0 unspecified atom stereocenters. The average Bonchev–Trinajstić information content (AvgIpc) is 2.26. The van der Waals surface area contributed by atoms with Crippen LogP contribution in [0.1, 0.15) is 5.56 Å². The predicted octanol–water partition coefficient (Wildman–Crippen LogP) is -0.380. The molecule has 1 aromatic rings. The Morgan fingerprint density at radius 2 is 1.59 bits per heavy atom. The number of nitrogens with two attached hydrogens (primary N) is 1. The van der Waals surface area contributed by atoms with Gasteiger partial charge in [-0.15, -0.1) is 0 Å². The van der Waals surface area contributed by atoms with Crippen molar-refractivity contribution in [3.63, 3.8) is 0 Å². The lowest BCUT2D eigenvalue weighted by Crippen LogP contribution is -2.23. The largest absolute Gasteiger partial charge is 0.229 e. The molecule has 0 bridgehead atoms. The van der Waals surface area contributed by atoms with Gasteiger partial charge in [-0.25, -0.2) is 22.0 Å². The van der Waals surface area contributed by atoms with E-state index in [1.165, 1.54) is 24.3 Å². The highest BCUT2D eigenvalue weighted by Crippen LogP contribution is 2.12. The van der Waals surface area contributed by atoms with E-state index in [-0.39, 0.29) is 4.90 Å². The molecule has 0 atom stereocenters. The number of hydrogen-bond donors (Lipinski definition) is 1. The second kappa shape index (κ2) is 4.83. The molecular weight excluding hydrogens is 264 g/mol. The zero-order valence-corrected chi connectivity index (χ0v) is 10.3. The molecule has 17 heavy (non-hydrogen) atoms. The van der Waals surface area contributed by atoms with Gasteiger partial charge in [-0.05, 0) is 24.3 Å². The van der Waals surface area contributed by atoms with Crippen LogP contribution in [0, 0.1) is 11.3 Å². The van der Waals surface area contributed by atoms with Crippen molar-refractivity contribution in [2.24, 2.45) is 5.14 Å². The second-order valence-corrected chi connectivity index (χ2v) is 7.17. The van der Waals surface area contributed by atoms with E-state index in [2.05, 4.69) is 0 Å². The highest BCUT2D eigenvalue weighted by molar-refractivity contribution is 7.94. The van der Waals surface area contributed by atoms with Crippen LogP contribution in [0.25, 0.3) is 0 Å². The number of benzene rings is 1. The zero-order chi connectivity index (χ0) is 13.1. The van der Waals surface area contributed by atoms with Gasteiger partial charge in [0, 0.05) is 0 Å². The molecule has 0 aliphatic carbocycles. The third kappa shape index (κ3) is 4.14. The summed E-state index contributed by atoms with van der Waals surface area (Å²) in [7, 11) is -7.50. The minimum absolute atomic E-state index is 0.0276. The van der Waals surface area contributed by atoms with Crippen molar-refractivity contribution in [3.05, 3.63) is 29.8 Å². The van der Waals surface area contributed by atoms with E-state index >= 15 is 0 Å². The summed E-state index contributed by atoms with van der Waals surface area (Å²) in [6, 6.07) is 7.08. The first-order valence-electron chi connectivity index (χ1n) is 4.48. The standard InChI is InChI=1S/C9H10N2O4S2/c10-7-8-1-3-9(4-2-8)16(12,13)5-6-17(11,14)15/h1-4H,5-6H2,(H2,11,14,15). The maximum Gasteiger partial charge on any atom is 0.210 e. The molecule has 0 fully saturated rings. The summed E-state index contributed by atoms with van der Waals surface area (Å²) < 4.78 is 44.7. The van der Waals surface area contributed by atoms with Gasteiger partial charge in [0.05, 0.1) is 28.0 Å². The molecule has 0 amide bonds. The number of sulfone groups is 1. The second-order valence-electron chi connectivity index (χ2n) is 3.32. The van der Waals surface area contributed by atoms with E-state index in [9.17, 15) is 16.8 Å². The van der Waals surface area contributed by atoms with Crippen LogP contribution in [-0.4, -0.2) is 28.3 Å². The Balaban J connectivity index is 2.94. The van der Waals surface area contributed by atoms with Gasteiger partial charge in [-0.2, -0.15) is 5.26 Å². The first-order chi connectivity index (χ1) is 7.74. The van der Waals surface area contributed by atoms with Crippen LogP contribution in [-0.2, 0) is 19.9 Å². The van der Waals surface area contributed by atoms with Gasteiger partial charge >= 0.3 is 0 Å². The summed E-state index contributed by atoms with van der Waals surface area (Å²) in [5.74, 6) is -1.20. The quantitative estimate of drug-likeness (QED) is 0.802. The lowest BCUT2D eigenvalue weighted by Gasteiger charge is -2.03. The summed E-state index contributed by atoms with van der Waals surface area (Å²) in [4.78, 5) is -0.0276.